The lowest BCUT2D eigenvalue weighted by Gasteiger charge is -2.22. The van der Waals surface area contributed by atoms with Crippen LogP contribution in [0.25, 0.3) is 10.4 Å². The van der Waals surface area contributed by atoms with E-state index in [0.717, 1.165) is 27.8 Å². The van der Waals surface area contributed by atoms with Gasteiger partial charge in [0.15, 0.2) is 0 Å². The number of halogens is 1. The molecule has 1 heterocycles. The highest BCUT2D eigenvalue weighted by molar-refractivity contribution is 9.10. The normalized spacial score (nSPS) is 22.9. The fraction of sp³-hybridized carbons (Fsp3) is 0.500. The Hall–Kier alpha value is -1.23. The molecule has 0 aliphatic carbocycles. The molecule has 0 spiro atoms. The second-order valence-corrected chi connectivity index (χ2v) is 5.81. The molecule has 0 radical (unpaired) electrons. The first-order chi connectivity index (χ1) is 8.45. The Morgan fingerprint density at radius 2 is 2.39 bits per heavy atom. The van der Waals surface area contributed by atoms with Crippen LogP contribution in [-0.2, 0) is 6.42 Å². The predicted octanol–water partition coefficient (Wildman–Crippen LogP) is 3.47. The topological polar surface area (TPSA) is 84.0 Å². The minimum Gasteiger partial charge on any atom is -0.486 e. The van der Waals surface area contributed by atoms with Crippen molar-refractivity contribution in [2.45, 2.75) is 31.9 Å². The molecule has 1 aromatic rings. The molecule has 6 heteroatoms. The average Bonchev–Trinajstić information content (AvgIpc) is 2.62. The summed E-state index contributed by atoms with van der Waals surface area (Å²) in [6.07, 6.45) is 0.723. The lowest BCUT2D eigenvalue weighted by molar-refractivity contribution is 0.124. The number of rotatable bonds is 3. The smallest absolute Gasteiger partial charge is 0.128 e. The largest absolute Gasteiger partial charge is 0.486 e. The number of nitrogens with two attached hydrogens (primary N) is 1. The Morgan fingerprint density at radius 3 is 3.00 bits per heavy atom. The first kappa shape index (κ1) is 13.2. The molecule has 0 saturated carbocycles. The number of ether oxygens (including phenoxy) is 1. The molecule has 2 rings (SSSR count). The average molecular weight is 311 g/mol. The van der Waals surface area contributed by atoms with Gasteiger partial charge in [0.05, 0.1) is 6.54 Å². The van der Waals surface area contributed by atoms with Crippen LogP contribution >= 0.6 is 15.9 Å². The molecule has 0 amide bonds. The summed E-state index contributed by atoms with van der Waals surface area (Å²) < 4.78 is 6.97. The predicted molar refractivity (Wildman–Crippen MR) is 73.5 cm³/mol. The maximum atomic E-state index is 8.42. The standard InChI is InChI=1S/C12H15BrN4O/c1-7(14)10-4-9(13)3-8-5-12(2,6-16-17-15)18-11(8)10/h3-4,7H,5-6,14H2,1-2H3/t7-,12?/m1/s1. The number of nitrogens with zero attached hydrogens (tertiary/aromatic N) is 3. The first-order valence-corrected chi connectivity index (χ1v) is 6.52. The van der Waals surface area contributed by atoms with Gasteiger partial charge in [-0.15, -0.1) is 0 Å². The van der Waals surface area contributed by atoms with E-state index in [4.69, 9.17) is 16.0 Å². The number of hydrogen-bond donors (Lipinski definition) is 1. The molecule has 96 valence electrons. The lowest BCUT2D eigenvalue weighted by atomic mass is 9.97. The number of hydrogen-bond acceptors (Lipinski definition) is 3. The van der Waals surface area contributed by atoms with E-state index in [2.05, 4.69) is 26.0 Å². The summed E-state index contributed by atoms with van der Waals surface area (Å²) in [7, 11) is 0. The summed E-state index contributed by atoms with van der Waals surface area (Å²) in [5, 5.41) is 3.62. The van der Waals surface area contributed by atoms with Crippen molar-refractivity contribution in [3.8, 4) is 5.75 Å². The van der Waals surface area contributed by atoms with Crippen LogP contribution in [0.1, 0.15) is 31.0 Å². The molecule has 0 bridgehead atoms. The monoisotopic (exact) mass is 310 g/mol. The summed E-state index contributed by atoms with van der Waals surface area (Å²) in [6.45, 7) is 4.18. The number of fused-ring (bicyclic) bond motifs is 1. The summed E-state index contributed by atoms with van der Waals surface area (Å²) in [4.78, 5) is 2.79. The molecule has 5 nitrogen and oxygen atoms in total. The molecule has 0 fully saturated rings. The van der Waals surface area contributed by atoms with E-state index in [9.17, 15) is 0 Å². The Bertz CT molecular complexity index is 525. The molecule has 1 aliphatic heterocycles. The summed E-state index contributed by atoms with van der Waals surface area (Å²) in [6, 6.07) is 3.91. The SMILES string of the molecule is C[C@@H](N)c1cc(Br)cc2c1OC(C)(CN=[N+]=[N-])C2. The van der Waals surface area contributed by atoms with Crippen molar-refractivity contribution in [1.82, 2.24) is 0 Å². The Morgan fingerprint density at radius 1 is 1.67 bits per heavy atom. The van der Waals surface area contributed by atoms with E-state index >= 15 is 0 Å². The molecule has 0 aromatic heterocycles. The summed E-state index contributed by atoms with van der Waals surface area (Å²) in [5.41, 5.74) is 16.0. The van der Waals surface area contributed by atoms with Gasteiger partial charge in [0.25, 0.3) is 0 Å². The van der Waals surface area contributed by atoms with Crippen molar-refractivity contribution in [3.63, 3.8) is 0 Å². The van der Waals surface area contributed by atoms with E-state index < -0.39 is 5.60 Å². The van der Waals surface area contributed by atoms with Gasteiger partial charge in [0.2, 0.25) is 0 Å². The Kier molecular flexibility index (Phi) is 3.52. The maximum absolute atomic E-state index is 8.42. The van der Waals surface area contributed by atoms with Gasteiger partial charge < -0.3 is 10.5 Å². The lowest BCUT2D eigenvalue weighted by Crippen LogP contribution is -2.33. The van der Waals surface area contributed by atoms with Crippen molar-refractivity contribution in [1.29, 1.82) is 0 Å². The van der Waals surface area contributed by atoms with E-state index in [-0.39, 0.29) is 6.04 Å². The third-order valence-corrected chi connectivity index (χ3v) is 3.49. The Balaban J connectivity index is 2.39. The van der Waals surface area contributed by atoms with Crippen LogP contribution in [0.3, 0.4) is 0 Å². The van der Waals surface area contributed by atoms with Crippen LogP contribution in [0.15, 0.2) is 21.7 Å². The summed E-state index contributed by atoms with van der Waals surface area (Å²) >= 11 is 3.48. The molecule has 1 aliphatic rings. The molecule has 1 aromatic carbocycles. The van der Waals surface area contributed by atoms with Gasteiger partial charge in [0.1, 0.15) is 11.4 Å². The molecule has 1 unspecified atom stereocenters. The van der Waals surface area contributed by atoms with Crippen LogP contribution in [0, 0.1) is 0 Å². The van der Waals surface area contributed by atoms with Crippen LogP contribution in [0.5, 0.6) is 5.75 Å². The zero-order valence-corrected chi connectivity index (χ0v) is 11.9. The van der Waals surface area contributed by atoms with Gasteiger partial charge in [-0.3, -0.25) is 0 Å². The fourth-order valence-electron chi connectivity index (χ4n) is 2.22. The van der Waals surface area contributed by atoms with Crippen molar-refractivity contribution in [3.05, 3.63) is 38.2 Å². The van der Waals surface area contributed by atoms with Gasteiger partial charge in [-0.05, 0) is 37.1 Å². The number of benzene rings is 1. The van der Waals surface area contributed by atoms with Gasteiger partial charge in [-0.1, -0.05) is 21.0 Å². The van der Waals surface area contributed by atoms with E-state index in [1.54, 1.807) is 0 Å². The fourth-order valence-corrected chi connectivity index (χ4v) is 2.74. The second-order valence-electron chi connectivity index (χ2n) is 4.89. The van der Waals surface area contributed by atoms with Crippen LogP contribution in [0.4, 0.5) is 0 Å². The van der Waals surface area contributed by atoms with Crippen LogP contribution in [0.2, 0.25) is 0 Å². The van der Waals surface area contributed by atoms with Gasteiger partial charge in [-0.25, -0.2) is 0 Å². The van der Waals surface area contributed by atoms with Gasteiger partial charge >= 0.3 is 0 Å². The zero-order chi connectivity index (χ0) is 13.3. The molecule has 18 heavy (non-hydrogen) atoms. The highest BCUT2D eigenvalue weighted by atomic mass is 79.9. The highest BCUT2D eigenvalue weighted by Gasteiger charge is 2.36. The van der Waals surface area contributed by atoms with E-state index in [0.29, 0.717) is 6.54 Å². The molecular formula is C12H15BrN4O. The Labute approximate surface area is 114 Å². The zero-order valence-electron chi connectivity index (χ0n) is 10.4. The third kappa shape index (κ3) is 2.46. The quantitative estimate of drug-likeness (QED) is 0.526. The summed E-state index contributed by atoms with van der Waals surface area (Å²) in [5.74, 6) is 0.837. The molecular weight excluding hydrogens is 296 g/mol. The van der Waals surface area contributed by atoms with Crippen LogP contribution < -0.4 is 10.5 Å². The van der Waals surface area contributed by atoms with E-state index in [1.165, 1.54) is 0 Å². The first-order valence-electron chi connectivity index (χ1n) is 5.73. The third-order valence-electron chi connectivity index (χ3n) is 3.03. The molecule has 2 N–H and O–H groups in total. The van der Waals surface area contributed by atoms with Crippen molar-refractivity contribution < 1.29 is 4.74 Å². The van der Waals surface area contributed by atoms with Crippen LogP contribution in [-0.4, -0.2) is 12.1 Å². The van der Waals surface area contributed by atoms with Crippen molar-refractivity contribution in [2.24, 2.45) is 10.8 Å². The molecule has 0 saturated heterocycles. The van der Waals surface area contributed by atoms with Gasteiger partial charge in [0, 0.05) is 27.4 Å². The maximum Gasteiger partial charge on any atom is 0.128 e. The van der Waals surface area contributed by atoms with Gasteiger partial charge in [-0.2, -0.15) is 0 Å². The number of azide groups is 1. The van der Waals surface area contributed by atoms with Crippen molar-refractivity contribution in [2.75, 3.05) is 6.54 Å². The minimum atomic E-state index is -0.473. The minimum absolute atomic E-state index is 0.0990. The highest BCUT2D eigenvalue weighted by Crippen LogP contribution is 2.41. The van der Waals surface area contributed by atoms with Crippen molar-refractivity contribution >= 4 is 15.9 Å². The molecule has 2 atom stereocenters. The van der Waals surface area contributed by atoms with E-state index in [1.807, 2.05) is 26.0 Å². The second kappa shape index (κ2) is 4.80.